The van der Waals surface area contributed by atoms with E-state index in [4.69, 9.17) is 15.7 Å². The third-order valence-electron chi connectivity index (χ3n) is 8.77. The summed E-state index contributed by atoms with van der Waals surface area (Å²) in [6.45, 7) is 8.66. The van der Waals surface area contributed by atoms with E-state index < -0.39 is 0 Å². The first-order chi connectivity index (χ1) is 21.3. The minimum Gasteiger partial charge on any atom is -0.455 e. The standard InChI is InChI=1S/C39H24N2O2/c1-40-27-16-18-37-35(20-27)30-7-2-4-11-36(30)41(37)28-17-15-26-23-42-22-25-14-13-24(19-33(25)34(26)21-28)29-9-6-10-32-31-8-3-5-12-38(31)43-39(29)32/h2-21H,22-23H2. The summed E-state index contributed by atoms with van der Waals surface area (Å²) in [5, 5.41) is 4.49. The lowest BCUT2D eigenvalue weighted by molar-refractivity contribution is 0.110. The summed E-state index contributed by atoms with van der Waals surface area (Å²) in [6.07, 6.45) is 0. The van der Waals surface area contributed by atoms with Crippen molar-refractivity contribution >= 4 is 49.4 Å². The Hall–Kier alpha value is -5.63. The van der Waals surface area contributed by atoms with Crippen molar-refractivity contribution in [1.29, 1.82) is 0 Å². The van der Waals surface area contributed by atoms with Gasteiger partial charge in [-0.2, -0.15) is 0 Å². The molecule has 8 aromatic rings. The van der Waals surface area contributed by atoms with Crippen molar-refractivity contribution in [2.24, 2.45) is 0 Å². The van der Waals surface area contributed by atoms with Gasteiger partial charge in [-0.15, -0.1) is 0 Å². The average Bonchev–Trinajstić information content (AvgIpc) is 3.54. The molecule has 0 bridgehead atoms. The monoisotopic (exact) mass is 552 g/mol. The molecule has 4 nitrogen and oxygen atoms in total. The zero-order chi connectivity index (χ0) is 28.5. The van der Waals surface area contributed by atoms with Crippen LogP contribution in [0.2, 0.25) is 0 Å². The van der Waals surface area contributed by atoms with E-state index in [1.54, 1.807) is 0 Å². The van der Waals surface area contributed by atoms with Crippen LogP contribution in [-0.2, 0) is 18.0 Å². The molecule has 0 unspecified atom stereocenters. The lowest BCUT2D eigenvalue weighted by Crippen LogP contribution is -1.97. The van der Waals surface area contributed by atoms with Crippen molar-refractivity contribution in [2.45, 2.75) is 13.2 Å². The number of benzene rings is 6. The van der Waals surface area contributed by atoms with Gasteiger partial charge in [0.05, 0.1) is 30.8 Å². The molecule has 2 aromatic heterocycles. The first-order valence-corrected chi connectivity index (χ1v) is 14.4. The molecule has 4 heteroatoms. The molecule has 6 aromatic carbocycles. The highest BCUT2D eigenvalue weighted by Crippen LogP contribution is 2.41. The van der Waals surface area contributed by atoms with Crippen molar-refractivity contribution in [1.82, 2.24) is 4.57 Å². The van der Waals surface area contributed by atoms with Crippen LogP contribution in [0.1, 0.15) is 11.1 Å². The Labute approximate surface area is 247 Å². The Morgan fingerprint density at radius 1 is 0.581 bits per heavy atom. The maximum absolute atomic E-state index is 7.54. The Kier molecular flexibility index (Phi) is 5.13. The van der Waals surface area contributed by atoms with Crippen molar-refractivity contribution in [3.05, 3.63) is 144 Å². The molecule has 0 amide bonds. The van der Waals surface area contributed by atoms with Gasteiger partial charge in [0.25, 0.3) is 0 Å². The predicted octanol–water partition coefficient (Wildman–Crippen LogP) is 10.6. The summed E-state index contributed by atoms with van der Waals surface area (Å²) >= 11 is 0. The van der Waals surface area contributed by atoms with Crippen LogP contribution in [0.3, 0.4) is 0 Å². The van der Waals surface area contributed by atoms with Crippen molar-refractivity contribution in [3.8, 4) is 27.9 Å². The second-order valence-electron chi connectivity index (χ2n) is 11.2. The summed E-state index contributed by atoms with van der Waals surface area (Å²) in [5.74, 6) is 0. The van der Waals surface area contributed by atoms with Gasteiger partial charge in [-0.3, -0.25) is 0 Å². The maximum atomic E-state index is 7.54. The molecule has 3 heterocycles. The van der Waals surface area contributed by atoms with Crippen LogP contribution in [0, 0.1) is 6.57 Å². The Balaban J connectivity index is 1.26. The molecule has 0 spiro atoms. The van der Waals surface area contributed by atoms with Gasteiger partial charge in [-0.05, 0) is 75.7 Å². The summed E-state index contributed by atoms with van der Waals surface area (Å²) in [6, 6.07) is 42.4. The number of hydrogen-bond acceptors (Lipinski definition) is 2. The molecule has 43 heavy (non-hydrogen) atoms. The highest BCUT2D eigenvalue weighted by Gasteiger charge is 2.20. The second kappa shape index (κ2) is 9.19. The van der Waals surface area contributed by atoms with E-state index in [2.05, 4.69) is 106 Å². The largest absolute Gasteiger partial charge is 0.455 e. The molecule has 0 saturated heterocycles. The first kappa shape index (κ1) is 24.0. The first-order valence-electron chi connectivity index (χ1n) is 14.4. The van der Waals surface area contributed by atoms with E-state index in [9.17, 15) is 0 Å². The smallest absolute Gasteiger partial charge is 0.188 e. The SMILES string of the molecule is [C-]#[N+]c1ccc2c(c1)c1ccccc1n2-c1ccc2c(c1)-c1cc(-c3cccc4c3oc3ccccc34)ccc1COC2. The molecule has 0 saturated carbocycles. The van der Waals surface area contributed by atoms with Crippen molar-refractivity contribution in [3.63, 3.8) is 0 Å². The highest BCUT2D eigenvalue weighted by molar-refractivity contribution is 6.11. The predicted molar refractivity (Wildman–Crippen MR) is 174 cm³/mol. The van der Waals surface area contributed by atoms with Crippen molar-refractivity contribution < 1.29 is 9.15 Å². The van der Waals surface area contributed by atoms with Gasteiger partial charge in [-0.25, -0.2) is 4.85 Å². The van der Waals surface area contributed by atoms with Crippen LogP contribution >= 0.6 is 0 Å². The number of ether oxygens (including phenoxy) is 1. The molecule has 0 radical (unpaired) electrons. The minimum atomic E-state index is 0.556. The molecule has 0 atom stereocenters. The Morgan fingerprint density at radius 3 is 2.21 bits per heavy atom. The van der Waals surface area contributed by atoms with Crippen LogP contribution < -0.4 is 0 Å². The number of nitrogens with zero attached hydrogens (tertiary/aromatic N) is 2. The van der Waals surface area contributed by atoms with E-state index >= 15 is 0 Å². The molecule has 0 fully saturated rings. The molecular weight excluding hydrogens is 528 g/mol. The fourth-order valence-electron chi connectivity index (χ4n) is 6.75. The van der Waals surface area contributed by atoms with Crippen LogP contribution in [0.5, 0.6) is 0 Å². The summed E-state index contributed by atoms with van der Waals surface area (Å²) in [4.78, 5) is 3.69. The summed E-state index contributed by atoms with van der Waals surface area (Å²) in [7, 11) is 0. The van der Waals surface area contributed by atoms with E-state index in [1.165, 1.54) is 16.7 Å². The molecule has 9 rings (SSSR count). The number of furan rings is 1. The number of hydrogen-bond donors (Lipinski definition) is 0. The zero-order valence-electron chi connectivity index (χ0n) is 23.2. The van der Waals surface area contributed by atoms with Gasteiger partial charge in [0.1, 0.15) is 11.2 Å². The summed E-state index contributed by atoms with van der Waals surface area (Å²) in [5.41, 5.74) is 12.6. The van der Waals surface area contributed by atoms with E-state index in [0.717, 1.165) is 66.1 Å². The molecule has 1 aliphatic heterocycles. The van der Waals surface area contributed by atoms with Crippen LogP contribution in [0.4, 0.5) is 5.69 Å². The van der Waals surface area contributed by atoms with E-state index in [1.807, 2.05) is 24.3 Å². The number of fused-ring (bicyclic) bond motifs is 9. The topological polar surface area (TPSA) is 31.7 Å². The lowest BCUT2D eigenvalue weighted by Gasteiger charge is -2.15. The molecular formula is C39H24N2O2. The van der Waals surface area contributed by atoms with Crippen LogP contribution in [0.25, 0.3) is 76.5 Å². The normalized spacial score (nSPS) is 12.8. The number of rotatable bonds is 2. The Morgan fingerprint density at radius 2 is 1.33 bits per heavy atom. The Bertz CT molecular complexity index is 2450. The molecule has 202 valence electrons. The maximum Gasteiger partial charge on any atom is 0.188 e. The van der Waals surface area contributed by atoms with Gasteiger partial charge >= 0.3 is 0 Å². The quantitative estimate of drug-likeness (QED) is 0.200. The van der Waals surface area contributed by atoms with Gasteiger partial charge in [0.2, 0.25) is 0 Å². The third-order valence-corrected chi connectivity index (χ3v) is 8.77. The summed E-state index contributed by atoms with van der Waals surface area (Å²) < 4.78 is 14.9. The second-order valence-corrected chi connectivity index (χ2v) is 11.2. The minimum absolute atomic E-state index is 0.556. The number of aromatic nitrogens is 1. The fraction of sp³-hybridized carbons (Fsp3) is 0.0513. The fourth-order valence-corrected chi connectivity index (χ4v) is 6.75. The van der Waals surface area contributed by atoms with E-state index in [-0.39, 0.29) is 0 Å². The third kappa shape index (κ3) is 3.59. The molecule has 1 aliphatic rings. The van der Waals surface area contributed by atoms with Crippen molar-refractivity contribution in [2.75, 3.05) is 0 Å². The zero-order valence-corrected chi connectivity index (χ0v) is 23.2. The van der Waals surface area contributed by atoms with Gasteiger partial charge in [0.15, 0.2) is 5.69 Å². The average molecular weight is 553 g/mol. The number of para-hydroxylation sites is 3. The van der Waals surface area contributed by atoms with E-state index in [0.29, 0.717) is 18.9 Å². The molecule has 0 aliphatic carbocycles. The lowest BCUT2D eigenvalue weighted by atomic mass is 9.92. The van der Waals surface area contributed by atoms with Crippen LogP contribution in [0.15, 0.2) is 126 Å². The van der Waals surface area contributed by atoms with Gasteiger partial charge in [0, 0.05) is 27.4 Å². The highest BCUT2D eigenvalue weighted by atomic mass is 16.5. The molecule has 0 N–H and O–H groups in total. The van der Waals surface area contributed by atoms with Gasteiger partial charge < -0.3 is 13.7 Å². The van der Waals surface area contributed by atoms with Gasteiger partial charge in [-0.1, -0.05) is 78.9 Å². The van der Waals surface area contributed by atoms with Crippen LogP contribution in [-0.4, -0.2) is 4.57 Å².